The Morgan fingerprint density at radius 1 is 1.50 bits per heavy atom. The van der Waals surface area contributed by atoms with Gasteiger partial charge in [-0.1, -0.05) is 13.3 Å². The maximum absolute atomic E-state index is 12.4. The van der Waals surface area contributed by atoms with Crippen LogP contribution in [0.5, 0.6) is 0 Å². The Labute approximate surface area is 108 Å². The van der Waals surface area contributed by atoms with Crippen LogP contribution in [0.2, 0.25) is 0 Å². The van der Waals surface area contributed by atoms with E-state index in [1.165, 1.54) is 0 Å². The van der Waals surface area contributed by atoms with Gasteiger partial charge in [0.2, 0.25) is 0 Å². The molecule has 18 heavy (non-hydrogen) atoms. The van der Waals surface area contributed by atoms with Gasteiger partial charge in [-0.15, -0.1) is 0 Å². The molecule has 0 saturated heterocycles. The molecule has 1 saturated carbocycles. The van der Waals surface area contributed by atoms with Gasteiger partial charge in [-0.05, 0) is 19.3 Å². The lowest BCUT2D eigenvalue weighted by molar-refractivity contribution is 0.0734. The number of carbonyl (C=O) groups excluding carboxylic acids is 1. The van der Waals surface area contributed by atoms with Crippen molar-refractivity contribution >= 4 is 11.7 Å². The SMILES string of the molecule is CCCCN(C(=O)c1cncc(NC)n1)C1CC1. The largest absolute Gasteiger partial charge is 0.372 e. The second kappa shape index (κ2) is 5.80. The highest BCUT2D eigenvalue weighted by Gasteiger charge is 2.33. The Morgan fingerprint density at radius 3 is 2.89 bits per heavy atom. The van der Waals surface area contributed by atoms with Gasteiger partial charge < -0.3 is 10.2 Å². The van der Waals surface area contributed by atoms with Crippen LogP contribution in [0.4, 0.5) is 5.82 Å². The summed E-state index contributed by atoms with van der Waals surface area (Å²) >= 11 is 0. The van der Waals surface area contributed by atoms with Crippen molar-refractivity contribution in [2.24, 2.45) is 0 Å². The molecule has 1 aliphatic rings. The molecule has 1 N–H and O–H groups in total. The number of aromatic nitrogens is 2. The third-order valence-corrected chi connectivity index (χ3v) is 3.11. The zero-order chi connectivity index (χ0) is 13.0. The van der Waals surface area contributed by atoms with E-state index in [1.54, 1.807) is 19.4 Å². The molecule has 0 aromatic carbocycles. The molecule has 98 valence electrons. The number of hydrogen-bond donors (Lipinski definition) is 1. The lowest BCUT2D eigenvalue weighted by Crippen LogP contribution is -2.34. The zero-order valence-electron chi connectivity index (χ0n) is 11.0. The molecule has 5 heteroatoms. The monoisotopic (exact) mass is 248 g/mol. The average molecular weight is 248 g/mol. The highest BCUT2D eigenvalue weighted by molar-refractivity contribution is 5.92. The molecule has 1 heterocycles. The molecule has 0 spiro atoms. The third-order valence-electron chi connectivity index (χ3n) is 3.11. The molecule has 2 rings (SSSR count). The van der Waals surface area contributed by atoms with Crippen LogP contribution < -0.4 is 5.32 Å². The number of carbonyl (C=O) groups is 1. The number of anilines is 1. The number of nitrogens with zero attached hydrogens (tertiary/aromatic N) is 3. The van der Waals surface area contributed by atoms with E-state index in [0.717, 1.165) is 32.2 Å². The summed E-state index contributed by atoms with van der Waals surface area (Å²) in [6.45, 7) is 2.96. The highest BCUT2D eigenvalue weighted by atomic mass is 16.2. The van der Waals surface area contributed by atoms with Gasteiger partial charge in [-0.3, -0.25) is 9.78 Å². The van der Waals surface area contributed by atoms with Gasteiger partial charge in [0.1, 0.15) is 11.5 Å². The first kappa shape index (κ1) is 12.8. The number of hydrogen-bond acceptors (Lipinski definition) is 4. The zero-order valence-corrected chi connectivity index (χ0v) is 11.0. The van der Waals surface area contributed by atoms with E-state index in [4.69, 9.17) is 0 Å². The van der Waals surface area contributed by atoms with E-state index < -0.39 is 0 Å². The molecule has 0 aliphatic heterocycles. The van der Waals surface area contributed by atoms with Crippen LogP contribution >= 0.6 is 0 Å². The number of nitrogens with one attached hydrogen (secondary N) is 1. The lowest BCUT2D eigenvalue weighted by Gasteiger charge is -2.21. The molecular formula is C13H20N4O. The Kier molecular flexibility index (Phi) is 4.12. The molecule has 1 aliphatic carbocycles. The van der Waals surface area contributed by atoms with Gasteiger partial charge in [-0.2, -0.15) is 0 Å². The Morgan fingerprint density at radius 2 is 2.28 bits per heavy atom. The van der Waals surface area contributed by atoms with Gasteiger partial charge in [0, 0.05) is 19.6 Å². The lowest BCUT2D eigenvalue weighted by atomic mass is 10.3. The molecule has 1 fully saturated rings. The maximum atomic E-state index is 12.4. The minimum atomic E-state index is 0.00977. The predicted molar refractivity (Wildman–Crippen MR) is 70.5 cm³/mol. The first-order chi connectivity index (χ1) is 8.76. The van der Waals surface area contributed by atoms with Crippen molar-refractivity contribution in [3.63, 3.8) is 0 Å². The van der Waals surface area contributed by atoms with Crippen molar-refractivity contribution in [2.45, 2.75) is 38.6 Å². The molecule has 0 atom stereocenters. The number of rotatable bonds is 6. The van der Waals surface area contributed by atoms with E-state index in [2.05, 4.69) is 22.2 Å². The number of unbranched alkanes of at least 4 members (excludes halogenated alkanes) is 1. The van der Waals surface area contributed by atoms with Gasteiger partial charge in [0.25, 0.3) is 5.91 Å². The van der Waals surface area contributed by atoms with Crippen molar-refractivity contribution in [1.29, 1.82) is 0 Å². The van der Waals surface area contributed by atoms with Crippen LogP contribution in [0, 0.1) is 0 Å². The quantitative estimate of drug-likeness (QED) is 0.835. The minimum Gasteiger partial charge on any atom is -0.372 e. The van der Waals surface area contributed by atoms with Gasteiger partial charge in [0.15, 0.2) is 0 Å². The highest BCUT2D eigenvalue weighted by Crippen LogP contribution is 2.28. The van der Waals surface area contributed by atoms with Crippen molar-refractivity contribution in [2.75, 3.05) is 18.9 Å². The van der Waals surface area contributed by atoms with E-state index >= 15 is 0 Å². The van der Waals surface area contributed by atoms with Gasteiger partial charge in [-0.25, -0.2) is 4.98 Å². The van der Waals surface area contributed by atoms with Crippen molar-refractivity contribution in [1.82, 2.24) is 14.9 Å². The number of amides is 1. The third kappa shape index (κ3) is 2.97. The summed E-state index contributed by atoms with van der Waals surface area (Å²) in [4.78, 5) is 22.7. The maximum Gasteiger partial charge on any atom is 0.274 e. The van der Waals surface area contributed by atoms with E-state index in [-0.39, 0.29) is 5.91 Å². The smallest absolute Gasteiger partial charge is 0.274 e. The molecule has 0 bridgehead atoms. The fourth-order valence-corrected chi connectivity index (χ4v) is 1.90. The molecule has 1 aromatic rings. The average Bonchev–Trinajstić information content (AvgIpc) is 3.23. The summed E-state index contributed by atoms with van der Waals surface area (Å²) in [5.41, 5.74) is 0.435. The summed E-state index contributed by atoms with van der Waals surface area (Å²) in [6.07, 6.45) is 7.54. The molecule has 1 amide bonds. The predicted octanol–water partition coefficient (Wildman–Crippen LogP) is 1.92. The summed E-state index contributed by atoms with van der Waals surface area (Å²) < 4.78 is 0. The van der Waals surface area contributed by atoms with Crippen LogP contribution in [-0.2, 0) is 0 Å². The summed E-state index contributed by atoms with van der Waals surface area (Å²) in [5.74, 6) is 0.641. The van der Waals surface area contributed by atoms with Crippen LogP contribution in [0.15, 0.2) is 12.4 Å². The molecule has 0 radical (unpaired) electrons. The molecule has 5 nitrogen and oxygen atoms in total. The van der Waals surface area contributed by atoms with Crippen LogP contribution in [0.25, 0.3) is 0 Å². The Hall–Kier alpha value is -1.65. The van der Waals surface area contributed by atoms with Crippen LogP contribution in [0.1, 0.15) is 43.1 Å². The second-order valence-electron chi connectivity index (χ2n) is 4.62. The fourth-order valence-electron chi connectivity index (χ4n) is 1.90. The molecule has 0 unspecified atom stereocenters. The van der Waals surface area contributed by atoms with Crippen molar-refractivity contribution in [3.8, 4) is 0 Å². The summed E-state index contributed by atoms with van der Waals surface area (Å²) in [7, 11) is 1.77. The first-order valence-electron chi connectivity index (χ1n) is 6.57. The standard InChI is InChI=1S/C13H20N4O/c1-3-4-7-17(10-5-6-10)13(18)11-8-15-9-12(14-2)16-11/h8-10H,3-7H2,1-2H3,(H,14,16). The van der Waals surface area contributed by atoms with Gasteiger partial charge >= 0.3 is 0 Å². The second-order valence-corrected chi connectivity index (χ2v) is 4.62. The first-order valence-corrected chi connectivity index (χ1v) is 6.57. The molecular weight excluding hydrogens is 228 g/mol. The van der Waals surface area contributed by atoms with Gasteiger partial charge in [0.05, 0.1) is 12.4 Å². The van der Waals surface area contributed by atoms with E-state index in [1.807, 2.05) is 4.90 Å². The molecule has 1 aromatic heterocycles. The van der Waals surface area contributed by atoms with E-state index in [0.29, 0.717) is 17.6 Å². The Bertz CT molecular complexity index is 417. The normalized spacial score (nSPS) is 14.3. The van der Waals surface area contributed by atoms with Crippen LogP contribution in [0.3, 0.4) is 0 Å². The minimum absolute atomic E-state index is 0.00977. The topological polar surface area (TPSA) is 58.1 Å². The Balaban J connectivity index is 2.11. The summed E-state index contributed by atoms with van der Waals surface area (Å²) in [6, 6.07) is 0.420. The summed E-state index contributed by atoms with van der Waals surface area (Å²) in [5, 5.41) is 2.90. The van der Waals surface area contributed by atoms with Crippen molar-refractivity contribution < 1.29 is 4.79 Å². The van der Waals surface area contributed by atoms with E-state index in [9.17, 15) is 4.79 Å². The fraction of sp³-hybridized carbons (Fsp3) is 0.615. The van der Waals surface area contributed by atoms with Crippen LogP contribution in [-0.4, -0.2) is 40.4 Å². The van der Waals surface area contributed by atoms with Crippen molar-refractivity contribution in [3.05, 3.63) is 18.1 Å².